The van der Waals surface area contributed by atoms with Crippen molar-refractivity contribution in [2.45, 2.75) is 65.8 Å². The Balaban J connectivity index is 4.19. The van der Waals surface area contributed by atoms with E-state index in [4.69, 9.17) is 5.11 Å². The van der Waals surface area contributed by atoms with Crippen molar-refractivity contribution in [1.29, 1.82) is 0 Å². The molecule has 4 N–H and O–H groups in total. The van der Waals surface area contributed by atoms with E-state index in [1.165, 1.54) is 16.7 Å². The number of aliphatic carboxylic acids is 1. The molecule has 0 aromatic rings. The zero-order chi connectivity index (χ0) is 22.9. The first-order valence-electron chi connectivity index (χ1n) is 10.4. The fourth-order valence-electron chi connectivity index (χ4n) is 2.52. The van der Waals surface area contributed by atoms with Gasteiger partial charge in [-0.3, -0.25) is 0 Å². The molecule has 0 saturated heterocycles. The van der Waals surface area contributed by atoms with Crippen LogP contribution in [0, 0.1) is 0 Å². The number of carboxylic acid groups (broad SMARTS) is 1. The predicted octanol–water partition coefficient (Wildman–Crippen LogP) is 5.70. The van der Waals surface area contributed by atoms with Gasteiger partial charge in [-0.15, -0.1) is 0 Å². The van der Waals surface area contributed by atoms with Crippen molar-refractivity contribution in [3.63, 3.8) is 0 Å². The van der Waals surface area contributed by atoms with Crippen LogP contribution in [0.4, 0.5) is 0 Å². The van der Waals surface area contributed by atoms with E-state index in [0.29, 0.717) is 24.5 Å². The number of hydrogen-bond acceptors (Lipinski definition) is 5. The maximum atomic E-state index is 11.4. The van der Waals surface area contributed by atoms with E-state index in [1.54, 1.807) is 11.8 Å². The van der Waals surface area contributed by atoms with E-state index >= 15 is 0 Å². The minimum Gasteiger partial charge on any atom is -0.513 e. The summed E-state index contributed by atoms with van der Waals surface area (Å²) in [5.41, 5.74) is 4.13. The van der Waals surface area contributed by atoms with Crippen molar-refractivity contribution in [3.8, 4) is 0 Å². The summed E-state index contributed by atoms with van der Waals surface area (Å²) in [6.45, 7) is 16.2. The van der Waals surface area contributed by atoms with Crippen LogP contribution in [0.25, 0.3) is 0 Å². The summed E-state index contributed by atoms with van der Waals surface area (Å²) >= 11 is 1.58. The number of nitrogens with one attached hydrogen (secondary N) is 2. The number of carboxylic acids is 1. The minimum atomic E-state index is -0.911. The van der Waals surface area contributed by atoms with Gasteiger partial charge in [0.05, 0.1) is 11.6 Å². The fraction of sp³-hybridized carbons (Fsp3) is 0.542. The molecule has 6 heteroatoms. The first-order valence-corrected chi connectivity index (χ1v) is 11.6. The molecular weight excluding hydrogens is 396 g/mol. The van der Waals surface area contributed by atoms with Crippen LogP contribution in [0.5, 0.6) is 0 Å². The van der Waals surface area contributed by atoms with Crippen molar-refractivity contribution < 1.29 is 15.0 Å². The summed E-state index contributed by atoms with van der Waals surface area (Å²) < 4.78 is 0. The first kappa shape index (κ1) is 27.9. The Morgan fingerprint density at radius 2 is 1.57 bits per heavy atom. The van der Waals surface area contributed by atoms with Crippen molar-refractivity contribution in [2.24, 2.45) is 0 Å². The lowest BCUT2D eigenvalue weighted by Gasteiger charge is -2.18. The van der Waals surface area contributed by atoms with Gasteiger partial charge in [-0.25, -0.2) is 4.79 Å². The molecule has 0 aliphatic heterocycles. The molecule has 0 saturated carbocycles. The summed E-state index contributed by atoms with van der Waals surface area (Å²) in [6.07, 6.45) is 11.4. The highest BCUT2D eigenvalue weighted by Gasteiger charge is 2.17. The Morgan fingerprint density at radius 3 is 2.13 bits per heavy atom. The SMILES string of the molecule is C=C(O)CCNC(=C)N[C@@H](CSC/C=C(\C)CC/C=C(\C)CCC=C(C)C)C(=O)O. The molecule has 0 aromatic carbocycles. The average molecular weight is 437 g/mol. The second-order valence-corrected chi connectivity index (χ2v) is 8.83. The molecule has 0 bridgehead atoms. The number of aliphatic hydroxyl groups excluding tert-OH is 1. The number of rotatable bonds is 17. The lowest BCUT2D eigenvalue weighted by molar-refractivity contribution is -0.138. The molecule has 0 aliphatic rings. The minimum absolute atomic E-state index is 0.0807. The van der Waals surface area contributed by atoms with Gasteiger partial charge in [0.1, 0.15) is 6.04 Å². The fourth-order valence-corrected chi connectivity index (χ4v) is 3.52. The van der Waals surface area contributed by atoms with Crippen LogP contribution in [0.15, 0.2) is 59.7 Å². The number of carbonyl (C=O) groups is 1. The molecule has 1 atom stereocenters. The first-order chi connectivity index (χ1) is 14.1. The molecule has 0 aromatic heterocycles. The molecule has 0 amide bonds. The van der Waals surface area contributed by atoms with E-state index in [9.17, 15) is 9.90 Å². The van der Waals surface area contributed by atoms with Crippen molar-refractivity contribution in [2.75, 3.05) is 18.1 Å². The Morgan fingerprint density at radius 1 is 0.967 bits per heavy atom. The van der Waals surface area contributed by atoms with Gasteiger partial charge < -0.3 is 20.8 Å². The van der Waals surface area contributed by atoms with E-state index < -0.39 is 12.0 Å². The Kier molecular flexibility index (Phi) is 15.5. The van der Waals surface area contributed by atoms with Crippen molar-refractivity contribution >= 4 is 17.7 Å². The summed E-state index contributed by atoms with van der Waals surface area (Å²) in [5.74, 6) is 0.826. The summed E-state index contributed by atoms with van der Waals surface area (Å²) in [4.78, 5) is 11.4. The maximum Gasteiger partial charge on any atom is 0.327 e. The van der Waals surface area contributed by atoms with Crippen molar-refractivity contribution in [3.05, 3.63) is 59.7 Å². The normalized spacial score (nSPS) is 12.8. The number of thioether (sulfide) groups is 1. The van der Waals surface area contributed by atoms with Crippen LogP contribution in [0.3, 0.4) is 0 Å². The quantitative estimate of drug-likeness (QED) is 0.133. The predicted molar refractivity (Wildman–Crippen MR) is 131 cm³/mol. The van der Waals surface area contributed by atoms with Gasteiger partial charge in [0.25, 0.3) is 0 Å². The maximum absolute atomic E-state index is 11.4. The third-order valence-corrected chi connectivity index (χ3v) is 5.33. The molecule has 0 heterocycles. The molecule has 0 unspecified atom stereocenters. The Hall–Kier alpha value is -2.08. The van der Waals surface area contributed by atoms with E-state index in [0.717, 1.165) is 31.4 Å². The molecule has 0 spiro atoms. The lowest BCUT2D eigenvalue weighted by Crippen LogP contribution is -2.41. The van der Waals surface area contributed by atoms with Gasteiger partial charge >= 0.3 is 5.97 Å². The molecule has 0 aliphatic carbocycles. The van der Waals surface area contributed by atoms with Gasteiger partial charge in [-0.05, 0) is 53.4 Å². The number of aliphatic hydroxyl groups is 1. The highest BCUT2D eigenvalue weighted by Crippen LogP contribution is 2.13. The highest BCUT2D eigenvalue weighted by molar-refractivity contribution is 7.99. The van der Waals surface area contributed by atoms with Gasteiger partial charge in [0, 0.05) is 24.5 Å². The summed E-state index contributed by atoms with van der Waals surface area (Å²) in [7, 11) is 0. The van der Waals surface area contributed by atoms with Crippen LogP contribution < -0.4 is 10.6 Å². The zero-order valence-corrected chi connectivity index (χ0v) is 19.9. The van der Waals surface area contributed by atoms with Gasteiger partial charge in [0.2, 0.25) is 0 Å². The number of allylic oxidation sites excluding steroid dienone is 5. The summed E-state index contributed by atoms with van der Waals surface area (Å²) in [6, 6.07) is -0.715. The second-order valence-electron chi connectivity index (χ2n) is 7.75. The topological polar surface area (TPSA) is 81.6 Å². The highest BCUT2D eigenvalue weighted by atomic mass is 32.2. The molecule has 0 radical (unpaired) electrons. The van der Waals surface area contributed by atoms with Gasteiger partial charge in [-0.2, -0.15) is 11.8 Å². The molecule has 0 fully saturated rings. The van der Waals surface area contributed by atoms with E-state index in [-0.39, 0.29) is 5.76 Å². The smallest absolute Gasteiger partial charge is 0.327 e. The number of hydrogen-bond donors (Lipinski definition) is 4. The monoisotopic (exact) mass is 436 g/mol. The zero-order valence-electron chi connectivity index (χ0n) is 19.1. The van der Waals surface area contributed by atoms with Gasteiger partial charge in [-0.1, -0.05) is 48.1 Å². The third kappa shape index (κ3) is 16.8. The van der Waals surface area contributed by atoms with Crippen LogP contribution in [0.1, 0.15) is 59.8 Å². The van der Waals surface area contributed by atoms with E-state index in [2.05, 4.69) is 69.7 Å². The van der Waals surface area contributed by atoms with Crippen molar-refractivity contribution in [1.82, 2.24) is 10.6 Å². The standard InChI is InChI=1S/C24H40N2O3S/c1-18(2)9-7-10-19(3)11-8-12-20(4)14-16-30-17-23(24(28)29)26-22(6)25-15-13-21(5)27/h9,11,14,23,25-27H,5-8,10,12-13,15-17H2,1-4H3,(H,28,29)/b19-11+,20-14+/t23-/m0/s1. The molecule has 5 nitrogen and oxygen atoms in total. The molecule has 170 valence electrons. The van der Waals surface area contributed by atoms with Crippen LogP contribution in [-0.2, 0) is 4.79 Å². The largest absolute Gasteiger partial charge is 0.513 e. The molecular formula is C24H40N2O3S. The van der Waals surface area contributed by atoms with E-state index in [1.807, 2.05) is 0 Å². The van der Waals surface area contributed by atoms with Crippen LogP contribution in [-0.4, -0.2) is 40.3 Å². The van der Waals surface area contributed by atoms with Crippen LogP contribution in [0.2, 0.25) is 0 Å². The van der Waals surface area contributed by atoms with Gasteiger partial charge in [0.15, 0.2) is 0 Å². The lowest BCUT2D eigenvalue weighted by atomic mass is 10.1. The average Bonchev–Trinajstić information content (AvgIpc) is 2.63. The summed E-state index contributed by atoms with van der Waals surface area (Å²) in [5, 5.41) is 24.3. The molecule has 30 heavy (non-hydrogen) atoms. The Labute approximate surface area is 187 Å². The molecule has 0 rings (SSSR count). The second kappa shape index (κ2) is 16.7. The Bertz CT molecular complexity index is 647. The third-order valence-electron chi connectivity index (χ3n) is 4.36. The van der Waals surface area contributed by atoms with Crippen LogP contribution >= 0.6 is 11.8 Å².